The fourth-order valence-electron chi connectivity index (χ4n) is 2.42. The first-order valence-electron chi connectivity index (χ1n) is 7.48. The number of aromatic nitrogens is 2. The molecule has 0 saturated heterocycles. The molecule has 0 amide bonds. The van der Waals surface area contributed by atoms with Gasteiger partial charge in [-0.05, 0) is 49.0 Å². The molecule has 0 atom stereocenters. The van der Waals surface area contributed by atoms with E-state index < -0.39 is 5.97 Å². The van der Waals surface area contributed by atoms with E-state index in [9.17, 15) is 4.79 Å². The number of carbonyl (C=O) groups is 1. The Bertz CT molecular complexity index is 767. The maximum Gasteiger partial charge on any atom is 0.344 e. The number of nitrogens with zero attached hydrogens (tertiary/aromatic N) is 2. The van der Waals surface area contributed by atoms with E-state index in [4.69, 9.17) is 9.47 Å². The predicted molar refractivity (Wildman–Crippen MR) is 86.6 cm³/mol. The monoisotopic (exact) mass is 310 g/mol. The summed E-state index contributed by atoms with van der Waals surface area (Å²) in [6, 6.07) is 7.90. The summed E-state index contributed by atoms with van der Waals surface area (Å²) in [4.78, 5) is 12.1. The average molecular weight is 310 g/mol. The van der Waals surface area contributed by atoms with Crippen molar-refractivity contribution in [3.63, 3.8) is 0 Å². The van der Waals surface area contributed by atoms with E-state index in [0.29, 0.717) is 28.7 Å². The van der Waals surface area contributed by atoms with Crippen LogP contribution in [0.25, 0.3) is 5.57 Å². The SMILES string of the molecule is C=C(C)c1nncc(Oc2cccc(C3CC3)c2)c1C(=O)OC. The van der Waals surface area contributed by atoms with Crippen molar-refractivity contribution in [1.29, 1.82) is 0 Å². The number of ether oxygens (including phenoxy) is 2. The largest absolute Gasteiger partial charge is 0.465 e. The van der Waals surface area contributed by atoms with Gasteiger partial charge in [0.25, 0.3) is 0 Å². The number of hydrogen-bond acceptors (Lipinski definition) is 5. The number of benzene rings is 1. The Balaban J connectivity index is 1.99. The van der Waals surface area contributed by atoms with Gasteiger partial charge in [0.1, 0.15) is 17.0 Å². The summed E-state index contributed by atoms with van der Waals surface area (Å²) in [5.74, 6) is 1.09. The summed E-state index contributed by atoms with van der Waals surface area (Å²) >= 11 is 0. The molecule has 23 heavy (non-hydrogen) atoms. The minimum atomic E-state index is -0.522. The van der Waals surface area contributed by atoms with E-state index in [1.165, 1.54) is 31.7 Å². The van der Waals surface area contributed by atoms with Crippen molar-refractivity contribution in [3.8, 4) is 11.5 Å². The van der Waals surface area contributed by atoms with Crippen molar-refractivity contribution in [2.24, 2.45) is 0 Å². The molecule has 1 heterocycles. The van der Waals surface area contributed by atoms with Gasteiger partial charge in [-0.3, -0.25) is 0 Å². The van der Waals surface area contributed by atoms with Crippen molar-refractivity contribution in [3.05, 3.63) is 53.9 Å². The Kier molecular flexibility index (Phi) is 4.10. The number of carbonyl (C=O) groups excluding carboxylic acids is 1. The lowest BCUT2D eigenvalue weighted by Crippen LogP contribution is -2.10. The maximum absolute atomic E-state index is 12.1. The first-order chi connectivity index (χ1) is 11.1. The number of methoxy groups -OCH3 is 1. The standard InChI is InChI=1S/C18H18N2O3/c1-11(2)17-16(18(21)22-3)15(10-19-20-17)23-14-6-4-5-13(9-14)12-7-8-12/h4-6,9-10,12H,1,7-8H2,2-3H3. The smallest absolute Gasteiger partial charge is 0.344 e. The Labute approximate surface area is 135 Å². The molecule has 0 bridgehead atoms. The van der Waals surface area contributed by atoms with Gasteiger partial charge in [-0.25, -0.2) is 4.79 Å². The summed E-state index contributed by atoms with van der Waals surface area (Å²) < 4.78 is 10.7. The van der Waals surface area contributed by atoms with Crippen molar-refractivity contribution < 1.29 is 14.3 Å². The highest BCUT2D eigenvalue weighted by molar-refractivity contribution is 5.96. The fraction of sp³-hybridized carbons (Fsp3) is 0.278. The van der Waals surface area contributed by atoms with Gasteiger partial charge in [-0.1, -0.05) is 18.7 Å². The molecular weight excluding hydrogens is 292 g/mol. The number of hydrogen-bond donors (Lipinski definition) is 0. The predicted octanol–water partition coefficient (Wildman–Crippen LogP) is 3.97. The molecule has 5 nitrogen and oxygen atoms in total. The van der Waals surface area contributed by atoms with Crippen molar-refractivity contribution in [2.45, 2.75) is 25.7 Å². The molecular formula is C18H18N2O3. The molecule has 1 aliphatic carbocycles. The zero-order valence-corrected chi connectivity index (χ0v) is 13.2. The second-order valence-corrected chi connectivity index (χ2v) is 5.65. The van der Waals surface area contributed by atoms with Crippen LogP contribution in [0.4, 0.5) is 0 Å². The molecule has 0 radical (unpaired) electrons. The van der Waals surface area contributed by atoms with E-state index in [1.807, 2.05) is 18.2 Å². The van der Waals surface area contributed by atoms with Crippen LogP contribution in [0.3, 0.4) is 0 Å². The molecule has 1 aliphatic rings. The highest BCUT2D eigenvalue weighted by Crippen LogP contribution is 2.41. The molecule has 1 saturated carbocycles. The molecule has 3 rings (SSSR count). The van der Waals surface area contributed by atoms with E-state index in [1.54, 1.807) is 6.92 Å². The second-order valence-electron chi connectivity index (χ2n) is 5.65. The van der Waals surface area contributed by atoms with E-state index in [2.05, 4.69) is 22.8 Å². The topological polar surface area (TPSA) is 61.3 Å². The third kappa shape index (κ3) is 3.23. The molecule has 0 N–H and O–H groups in total. The van der Waals surface area contributed by atoms with Gasteiger partial charge >= 0.3 is 5.97 Å². The van der Waals surface area contributed by atoms with Gasteiger partial charge in [-0.15, -0.1) is 5.10 Å². The van der Waals surface area contributed by atoms with Crippen molar-refractivity contribution in [1.82, 2.24) is 10.2 Å². The summed E-state index contributed by atoms with van der Waals surface area (Å²) in [5.41, 5.74) is 2.50. The van der Waals surface area contributed by atoms with Crippen LogP contribution in [0.2, 0.25) is 0 Å². The van der Waals surface area contributed by atoms with Gasteiger partial charge in [0.05, 0.1) is 13.3 Å². The lowest BCUT2D eigenvalue weighted by atomic mass is 10.1. The first kappa shape index (κ1) is 15.2. The summed E-state index contributed by atoms with van der Waals surface area (Å²) in [7, 11) is 1.32. The molecule has 0 aliphatic heterocycles. The Morgan fingerprint density at radius 2 is 2.13 bits per heavy atom. The van der Waals surface area contributed by atoms with Crippen LogP contribution in [-0.4, -0.2) is 23.3 Å². The lowest BCUT2D eigenvalue weighted by molar-refractivity contribution is 0.0596. The van der Waals surface area contributed by atoms with Crippen molar-refractivity contribution in [2.75, 3.05) is 7.11 Å². The van der Waals surface area contributed by atoms with Gasteiger partial charge in [-0.2, -0.15) is 5.10 Å². The molecule has 0 spiro atoms. The lowest BCUT2D eigenvalue weighted by Gasteiger charge is -2.13. The maximum atomic E-state index is 12.1. The van der Waals surface area contributed by atoms with Crippen LogP contribution in [0.5, 0.6) is 11.5 Å². The third-order valence-electron chi connectivity index (χ3n) is 3.74. The summed E-state index contributed by atoms with van der Waals surface area (Å²) in [6.07, 6.45) is 3.85. The molecule has 118 valence electrons. The van der Waals surface area contributed by atoms with E-state index >= 15 is 0 Å². The second kappa shape index (κ2) is 6.20. The van der Waals surface area contributed by atoms with Crippen LogP contribution in [-0.2, 0) is 4.74 Å². The van der Waals surface area contributed by atoms with Crippen LogP contribution >= 0.6 is 0 Å². The molecule has 0 unspecified atom stereocenters. The number of esters is 1. The van der Waals surface area contributed by atoms with Gasteiger partial charge in [0, 0.05) is 0 Å². The quantitative estimate of drug-likeness (QED) is 0.782. The van der Waals surface area contributed by atoms with Gasteiger partial charge < -0.3 is 9.47 Å². The number of rotatable bonds is 5. The zero-order valence-electron chi connectivity index (χ0n) is 13.2. The first-order valence-corrected chi connectivity index (χ1v) is 7.48. The minimum Gasteiger partial charge on any atom is -0.465 e. The van der Waals surface area contributed by atoms with Crippen LogP contribution < -0.4 is 4.74 Å². The van der Waals surface area contributed by atoms with Crippen LogP contribution in [0.15, 0.2) is 37.0 Å². The summed E-state index contributed by atoms with van der Waals surface area (Å²) in [6.45, 7) is 5.59. The highest BCUT2D eigenvalue weighted by atomic mass is 16.5. The van der Waals surface area contributed by atoms with E-state index in [-0.39, 0.29) is 5.56 Å². The Morgan fingerprint density at radius 1 is 1.35 bits per heavy atom. The Hall–Kier alpha value is -2.69. The van der Waals surface area contributed by atoms with Gasteiger partial charge in [0.15, 0.2) is 5.75 Å². The molecule has 1 aromatic heterocycles. The van der Waals surface area contributed by atoms with Crippen LogP contribution in [0.1, 0.15) is 47.3 Å². The molecule has 5 heteroatoms. The molecule has 1 fully saturated rings. The van der Waals surface area contributed by atoms with Crippen LogP contribution in [0, 0.1) is 0 Å². The Morgan fingerprint density at radius 3 is 2.78 bits per heavy atom. The molecule has 1 aromatic carbocycles. The number of allylic oxidation sites excluding steroid dienone is 1. The minimum absolute atomic E-state index is 0.242. The fourth-order valence-corrected chi connectivity index (χ4v) is 2.42. The average Bonchev–Trinajstić information content (AvgIpc) is 3.39. The van der Waals surface area contributed by atoms with Crippen molar-refractivity contribution >= 4 is 11.5 Å². The van der Waals surface area contributed by atoms with E-state index in [0.717, 1.165) is 0 Å². The molecule has 2 aromatic rings. The summed E-state index contributed by atoms with van der Waals surface area (Å²) in [5, 5.41) is 7.88. The normalized spacial score (nSPS) is 13.5. The third-order valence-corrected chi connectivity index (χ3v) is 3.74. The zero-order chi connectivity index (χ0) is 16.4. The highest BCUT2D eigenvalue weighted by Gasteiger charge is 2.25. The van der Waals surface area contributed by atoms with Gasteiger partial charge in [0.2, 0.25) is 0 Å².